The van der Waals surface area contributed by atoms with Crippen LogP contribution in [-0.4, -0.2) is 119 Å². The normalized spacial score (nSPS) is 18.8. The quantitative estimate of drug-likeness (QED) is 0.255. The maximum atomic E-state index is 13.9. The van der Waals surface area contributed by atoms with Crippen molar-refractivity contribution in [3.05, 3.63) is 58.1 Å². The highest BCUT2D eigenvalue weighted by atomic mass is 35.5. The molecule has 5 rings (SSSR count). The van der Waals surface area contributed by atoms with Gasteiger partial charge in [-0.15, -0.1) is 0 Å². The second-order valence-electron chi connectivity index (χ2n) is 14.3. The number of hydrogen-bond donors (Lipinski definition) is 3. The van der Waals surface area contributed by atoms with Gasteiger partial charge in [-0.1, -0.05) is 36.7 Å². The van der Waals surface area contributed by atoms with Crippen LogP contribution in [0, 0.1) is 11.8 Å². The lowest BCUT2D eigenvalue weighted by Gasteiger charge is -2.38. The minimum Gasteiger partial charge on any atom is -0.506 e. The van der Waals surface area contributed by atoms with Crippen LogP contribution < -0.4 is 5.32 Å². The molecule has 2 aromatic rings. The van der Waals surface area contributed by atoms with Crippen molar-refractivity contribution in [3.63, 3.8) is 0 Å². The van der Waals surface area contributed by atoms with E-state index in [0.29, 0.717) is 63.8 Å². The highest BCUT2D eigenvalue weighted by Crippen LogP contribution is 2.40. The number of aliphatic carboxylic acids is 1. The highest BCUT2D eigenvalue weighted by molar-refractivity contribution is 6.32. The van der Waals surface area contributed by atoms with Gasteiger partial charge in [0.05, 0.1) is 17.1 Å². The number of phenolic OH excluding ortho intramolecular Hbond substituents is 1. The Hall–Kier alpha value is -4.24. The zero-order chi connectivity index (χ0) is 38.4. The third-order valence-electron chi connectivity index (χ3n) is 10.8. The van der Waals surface area contributed by atoms with Crippen molar-refractivity contribution in [1.82, 2.24) is 19.6 Å². The Balaban J connectivity index is 1.23. The zero-order valence-corrected chi connectivity index (χ0v) is 30.7. The van der Waals surface area contributed by atoms with Crippen LogP contribution in [0.3, 0.4) is 0 Å². The van der Waals surface area contributed by atoms with Crippen LogP contribution in [0.25, 0.3) is 0 Å². The average molecular weight is 766 g/mol. The molecule has 2 atom stereocenters. The van der Waals surface area contributed by atoms with Crippen LogP contribution in [0.5, 0.6) is 5.75 Å². The monoisotopic (exact) mass is 765 g/mol. The van der Waals surface area contributed by atoms with Crippen molar-refractivity contribution in [3.8, 4) is 5.75 Å². The number of alkyl halides is 3. The van der Waals surface area contributed by atoms with Gasteiger partial charge in [-0.2, -0.15) is 13.2 Å². The molecular weight excluding hydrogens is 719 g/mol. The Morgan fingerprint density at radius 1 is 1.06 bits per heavy atom. The van der Waals surface area contributed by atoms with Crippen LogP contribution in [0.4, 0.5) is 28.4 Å². The van der Waals surface area contributed by atoms with Crippen LogP contribution in [-0.2, 0) is 33.3 Å². The second-order valence-corrected chi connectivity index (χ2v) is 14.7. The van der Waals surface area contributed by atoms with E-state index in [2.05, 4.69) is 12.2 Å². The molecule has 0 bridgehead atoms. The van der Waals surface area contributed by atoms with Crippen LogP contribution in [0.1, 0.15) is 55.7 Å². The van der Waals surface area contributed by atoms with Gasteiger partial charge in [0.1, 0.15) is 5.75 Å². The van der Waals surface area contributed by atoms with Crippen molar-refractivity contribution in [2.24, 2.45) is 11.8 Å². The van der Waals surface area contributed by atoms with Crippen molar-refractivity contribution in [2.75, 3.05) is 58.2 Å². The summed E-state index contributed by atoms with van der Waals surface area (Å²) in [5.74, 6) is -2.07. The van der Waals surface area contributed by atoms with Gasteiger partial charge in [-0.25, -0.2) is 9.59 Å². The number of likely N-dealkylation sites (N-methyl/N-ethyl adjacent to an activating group) is 1. The molecule has 3 aliphatic rings. The van der Waals surface area contributed by atoms with Gasteiger partial charge in [0, 0.05) is 51.4 Å². The Labute approximate surface area is 311 Å². The number of ether oxygens (including phenoxy) is 1. The number of carboxylic acids is 1. The number of nitrogens with zero attached hydrogens (tertiary/aromatic N) is 4. The summed E-state index contributed by atoms with van der Waals surface area (Å²) in [6, 6.07) is 9.08. The number of benzene rings is 2. The minimum absolute atomic E-state index is 0.00197. The molecule has 0 aromatic heterocycles. The van der Waals surface area contributed by atoms with Crippen molar-refractivity contribution >= 4 is 41.3 Å². The van der Waals surface area contributed by atoms with Crippen molar-refractivity contribution in [1.29, 1.82) is 0 Å². The Morgan fingerprint density at radius 3 is 2.40 bits per heavy atom. The molecule has 3 aliphatic heterocycles. The number of phenols is 1. The summed E-state index contributed by atoms with van der Waals surface area (Å²) in [6.07, 6.45) is -3.77. The maximum Gasteiger partial charge on any atom is 0.420 e. The Morgan fingerprint density at radius 2 is 1.74 bits per heavy atom. The number of carbonyl (C=O) groups excluding carboxylic acids is 3. The number of nitrogens with one attached hydrogen (secondary N) is 1. The van der Waals surface area contributed by atoms with E-state index < -0.39 is 53.0 Å². The van der Waals surface area contributed by atoms with Crippen LogP contribution >= 0.6 is 11.6 Å². The van der Waals surface area contributed by atoms with Gasteiger partial charge in [0.15, 0.2) is 6.10 Å². The molecule has 53 heavy (non-hydrogen) atoms. The number of amides is 4. The average Bonchev–Trinajstić information content (AvgIpc) is 3.28. The van der Waals surface area contributed by atoms with Gasteiger partial charge in [-0.05, 0) is 92.8 Å². The maximum absolute atomic E-state index is 13.9. The molecule has 12 nitrogen and oxygen atoms in total. The fourth-order valence-corrected chi connectivity index (χ4v) is 7.78. The molecule has 0 radical (unpaired) electrons. The SMILES string of the molecule is CC(CCN(C)C(=O)[C@@H](Cc1cc(Cl)c(O)c(C(F)(F)F)c1)OC(=O)N1CCC(N2CCc3ccccc3NC2=O)CC1)C1CCN(CC(=O)O)CC1. The number of para-hydroxylation sites is 1. The van der Waals surface area contributed by atoms with Gasteiger partial charge < -0.3 is 35.0 Å². The van der Waals surface area contributed by atoms with Crippen LogP contribution in [0.2, 0.25) is 5.02 Å². The summed E-state index contributed by atoms with van der Waals surface area (Å²) < 4.78 is 47.0. The molecule has 3 N–H and O–H groups in total. The van der Waals surface area contributed by atoms with E-state index >= 15 is 0 Å². The summed E-state index contributed by atoms with van der Waals surface area (Å²) in [5.41, 5.74) is 0.395. The van der Waals surface area contributed by atoms with E-state index in [1.54, 1.807) is 11.9 Å². The predicted molar refractivity (Wildman–Crippen MR) is 191 cm³/mol. The molecule has 3 heterocycles. The van der Waals surface area contributed by atoms with E-state index in [1.165, 1.54) is 9.80 Å². The summed E-state index contributed by atoms with van der Waals surface area (Å²) in [5, 5.41) is 21.5. The molecule has 16 heteroatoms. The standard InChI is InChI=1S/C37H47ClF3N5O7/c1-23(25-8-14-44(15-9-25)22-32(47)48)7-13-43(2)34(50)31(21-24-19-28(37(39,40)41)33(49)29(38)20-24)53-36(52)45-16-11-27(12-17-45)46-18-10-26-5-3-4-6-30(26)42-35(46)51/h3-6,19-20,23,25,27,31,49H,7-18,21-22H2,1-2H3,(H,42,51)(H,47,48)/t23?,31-/m1/s1. The lowest BCUT2D eigenvalue weighted by Crippen LogP contribution is -2.51. The first-order chi connectivity index (χ1) is 25.1. The second kappa shape index (κ2) is 17.3. The number of likely N-dealkylation sites (tertiary alicyclic amines) is 2. The summed E-state index contributed by atoms with van der Waals surface area (Å²) in [6.45, 7) is 4.69. The van der Waals surface area contributed by atoms with Gasteiger partial charge in [0.2, 0.25) is 0 Å². The summed E-state index contributed by atoms with van der Waals surface area (Å²) in [7, 11) is 1.55. The van der Waals surface area contributed by atoms with Gasteiger partial charge in [0.25, 0.3) is 5.91 Å². The summed E-state index contributed by atoms with van der Waals surface area (Å²) in [4.78, 5) is 58.1. The fourth-order valence-electron chi connectivity index (χ4n) is 7.54. The number of hydrogen-bond acceptors (Lipinski definition) is 7. The number of carboxylic acid groups (broad SMARTS) is 1. The largest absolute Gasteiger partial charge is 0.506 e. The topological polar surface area (TPSA) is 143 Å². The van der Waals surface area contributed by atoms with E-state index in [1.807, 2.05) is 29.2 Å². The molecule has 4 amide bonds. The van der Waals surface area contributed by atoms with E-state index in [9.17, 15) is 37.5 Å². The first-order valence-corrected chi connectivity index (χ1v) is 18.4. The number of piperidine rings is 2. The van der Waals surface area contributed by atoms with E-state index in [0.717, 1.165) is 30.2 Å². The highest BCUT2D eigenvalue weighted by Gasteiger charge is 2.38. The van der Waals surface area contributed by atoms with Crippen LogP contribution in [0.15, 0.2) is 36.4 Å². The van der Waals surface area contributed by atoms with Crippen molar-refractivity contribution in [2.45, 2.75) is 70.2 Å². The number of fused-ring (bicyclic) bond motifs is 1. The molecule has 0 aliphatic carbocycles. The van der Waals surface area contributed by atoms with E-state index in [-0.39, 0.29) is 43.2 Å². The predicted octanol–water partition coefficient (Wildman–Crippen LogP) is 5.95. The molecule has 1 unspecified atom stereocenters. The molecule has 0 saturated carbocycles. The zero-order valence-electron chi connectivity index (χ0n) is 29.9. The lowest BCUT2D eigenvalue weighted by molar-refractivity contribution is -0.140. The number of halogens is 4. The molecule has 0 spiro atoms. The number of anilines is 1. The Bertz CT molecular complexity index is 1650. The number of carbonyl (C=O) groups is 4. The molecule has 2 saturated heterocycles. The molecule has 2 fully saturated rings. The smallest absolute Gasteiger partial charge is 0.420 e. The number of aromatic hydroxyl groups is 1. The molecular formula is C37H47ClF3N5O7. The Kier molecular flexibility index (Phi) is 13.0. The number of urea groups is 1. The van der Waals surface area contributed by atoms with Crippen molar-refractivity contribution < 1.29 is 47.3 Å². The number of rotatable bonds is 11. The summed E-state index contributed by atoms with van der Waals surface area (Å²) >= 11 is 5.97. The third kappa shape index (κ3) is 10.3. The molecule has 2 aromatic carbocycles. The first kappa shape index (κ1) is 40.0. The fraction of sp³-hybridized carbons (Fsp3) is 0.568. The molecule has 290 valence electrons. The minimum atomic E-state index is -4.92. The van der Waals surface area contributed by atoms with Gasteiger partial charge >= 0.3 is 24.3 Å². The third-order valence-corrected chi connectivity index (χ3v) is 11.1. The lowest BCUT2D eigenvalue weighted by atomic mass is 9.83. The van der Waals surface area contributed by atoms with Gasteiger partial charge in [-0.3, -0.25) is 14.5 Å². The van der Waals surface area contributed by atoms with E-state index in [4.69, 9.17) is 21.4 Å². The first-order valence-electron chi connectivity index (χ1n) is 18.0.